The highest BCUT2D eigenvalue weighted by Gasteiger charge is 2.30. The first kappa shape index (κ1) is 17.7. The summed E-state index contributed by atoms with van der Waals surface area (Å²) in [5, 5.41) is 15.7. The van der Waals surface area contributed by atoms with Crippen molar-refractivity contribution in [3.63, 3.8) is 0 Å². The molecule has 0 saturated heterocycles. The van der Waals surface area contributed by atoms with Crippen molar-refractivity contribution in [1.82, 2.24) is 9.78 Å². The van der Waals surface area contributed by atoms with Gasteiger partial charge >= 0.3 is 6.18 Å². The zero-order valence-corrected chi connectivity index (χ0v) is 13.9. The van der Waals surface area contributed by atoms with Gasteiger partial charge in [0.15, 0.2) is 12.8 Å². The fraction of sp³-hybridized carbons (Fsp3) is 0.158. The largest absolute Gasteiger partial charge is 0.624 e. The molecule has 26 heavy (non-hydrogen) atoms. The number of hydroxylamine groups is 1. The maximum atomic E-state index is 12.7. The van der Waals surface area contributed by atoms with Crippen LogP contribution in [0.15, 0.2) is 60.9 Å². The zero-order valence-electron chi connectivity index (χ0n) is 13.9. The molecule has 3 aromatic rings. The molecule has 7 heteroatoms. The van der Waals surface area contributed by atoms with E-state index in [9.17, 15) is 18.4 Å². The molecule has 0 atom stereocenters. The highest BCUT2D eigenvalue weighted by Crippen LogP contribution is 2.29. The number of benzene rings is 2. The molecule has 4 nitrogen and oxygen atoms in total. The van der Waals surface area contributed by atoms with Gasteiger partial charge in [-0.05, 0) is 48.9 Å². The summed E-state index contributed by atoms with van der Waals surface area (Å²) in [5.74, 6) is 0. The van der Waals surface area contributed by atoms with E-state index in [0.29, 0.717) is 12.2 Å². The average Bonchev–Trinajstić information content (AvgIpc) is 3.11. The summed E-state index contributed by atoms with van der Waals surface area (Å²) in [6, 6.07) is 12.2. The molecule has 134 valence electrons. The molecule has 0 N–H and O–H groups in total. The van der Waals surface area contributed by atoms with Crippen LogP contribution in [0, 0.1) is 5.21 Å². The summed E-state index contributed by atoms with van der Waals surface area (Å²) in [6.45, 7) is 2.12. The Hall–Kier alpha value is -3.09. The predicted molar refractivity (Wildman–Crippen MR) is 93.3 cm³/mol. The smallest absolute Gasteiger partial charge is 0.416 e. The Morgan fingerprint density at radius 2 is 1.85 bits per heavy atom. The van der Waals surface area contributed by atoms with E-state index in [-0.39, 0.29) is 0 Å². The predicted octanol–water partition coefficient (Wildman–Crippen LogP) is 4.51. The number of hydrogen-bond acceptors (Lipinski definition) is 2. The minimum Gasteiger partial charge on any atom is -0.624 e. The second-order valence-electron chi connectivity index (χ2n) is 5.71. The van der Waals surface area contributed by atoms with Gasteiger partial charge < -0.3 is 5.21 Å². The van der Waals surface area contributed by atoms with Crippen LogP contribution in [-0.2, 0) is 6.18 Å². The molecule has 0 saturated carbocycles. The Bertz CT molecular complexity index is 928. The van der Waals surface area contributed by atoms with Gasteiger partial charge in [-0.15, -0.1) is 0 Å². The first-order valence-corrected chi connectivity index (χ1v) is 7.98. The lowest BCUT2D eigenvalue weighted by molar-refractivity contribution is -0.447. The van der Waals surface area contributed by atoms with Gasteiger partial charge in [-0.2, -0.15) is 18.3 Å². The topological polar surface area (TPSA) is 43.9 Å². The summed E-state index contributed by atoms with van der Waals surface area (Å²) in [7, 11) is 0. The summed E-state index contributed by atoms with van der Waals surface area (Å²) in [5.41, 5.74) is 2.26. The lowest BCUT2D eigenvalue weighted by Gasteiger charge is -2.07. The van der Waals surface area contributed by atoms with Crippen molar-refractivity contribution < 1.29 is 17.9 Å². The van der Waals surface area contributed by atoms with Crippen LogP contribution >= 0.6 is 0 Å². The van der Waals surface area contributed by atoms with E-state index >= 15 is 0 Å². The molecule has 0 bridgehead atoms. The van der Waals surface area contributed by atoms with E-state index in [0.717, 1.165) is 33.6 Å². The molecule has 0 fully saturated rings. The maximum absolute atomic E-state index is 12.7. The first-order valence-electron chi connectivity index (χ1n) is 7.98. The summed E-state index contributed by atoms with van der Waals surface area (Å²) >= 11 is 0. The van der Waals surface area contributed by atoms with E-state index < -0.39 is 11.7 Å². The second-order valence-corrected chi connectivity index (χ2v) is 5.71. The highest BCUT2D eigenvalue weighted by atomic mass is 19.4. The molecule has 0 aliphatic carbocycles. The van der Waals surface area contributed by atoms with E-state index in [1.807, 2.05) is 24.3 Å². The molecule has 1 heterocycles. The van der Waals surface area contributed by atoms with Gasteiger partial charge in [0, 0.05) is 17.3 Å². The van der Waals surface area contributed by atoms with Crippen LogP contribution in [0.1, 0.15) is 18.1 Å². The minimum absolute atomic E-state index is 0.357. The Morgan fingerprint density at radius 3 is 2.50 bits per heavy atom. The van der Waals surface area contributed by atoms with Crippen molar-refractivity contribution in [2.45, 2.75) is 13.1 Å². The number of rotatable bonds is 4. The molecule has 0 unspecified atom stereocenters. The van der Waals surface area contributed by atoms with Gasteiger partial charge in [-0.3, -0.25) is 0 Å². The van der Waals surface area contributed by atoms with Crippen molar-refractivity contribution in [3.05, 3.63) is 77.3 Å². The van der Waals surface area contributed by atoms with E-state index in [4.69, 9.17) is 0 Å². The third-order valence-electron chi connectivity index (χ3n) is 3.87. The van der Waals surface area contributed by atoms with Gasteiger partial charge in [0.05, 0.1) is 17.4 Å². The van der Waals surface area contributed by atoms with E-state index in [1.54, 1.807) is 19.3 Å². The zero-order chi connectivity index (χ0) is 18.7. The molecule has 0 amide bonds. The highest BCUT2D eigenvalue weighted by molar-refractivity contribution is 5.79. The molecule has 0 radical (unpaired) electrons. The molecule has 1 aromatic heterocycles. The van der Waals surface area contributed by atoms with Crippen LogP contribution in [-0.4, -0.2) is 27.3 Å². The van der Waals surface area contributed by atoms with Gasteiger partial charge in [0.25, 0.3) is 0 Å². The fourth-order valence-corrected chi connectivity index (χ4v) is 2.47. The van der Waals surface area contributed by atoms with Crippen molar-refractivity contribution in [3.8, 4) is 16.8 Å². The Kier molecular flexibility index (Phi) is 4.79. The molecular weight excluding hydrogens is 343 g/mol. The van der Waals surface area contributed by atoms with Crippen molar-refractivity contribution >= 4 is 6.21 Å². The van der Waals surface area contributed by atoms with Gasteiger partial charge in [0.1, 0.15) is 0 Å². The van der Waals surface area contributed by atoms with Gasteiger partial charge in [0.2, 0.25) is 0 Å². The molecule has 3 rings (SSSR count). The Morgan fingerprint density at radius 1 is 1.12 bits per heavy atom. The maximum Gasteiger partial charge on any atom is 0.416 e. The number of nitrogens with zero attached hydrogens (tertiary/aromatic N) is 3. The van der Waals surface area contributed by atoms with Crippen LogP contribution < -0.4 is 0 Å². The number of alkyl halides is 3. The summed E-state index contributed by atoms with van der Waals surface area (Å²) in [4.78, 5) is 0. The molecular formula is C19H16F3N3O. The third kappa shape index (κ3) is 3.93. The molecule has 2 aromatic carbocycles. The van der Waals surface area contributed by atoms with Crippen molar-refractivity contribution in [1.29, 1.82) is 0 Å². The van der Waals surface area contributed by atoms with Crippen LogP contribution in [0.3, 0.4) is 0 Å². The quantitative estimate of drug-likeness (QED) is 0.298. The Balaban J connectivity index is 1.87. The Labute approximate surface area is 148 Å². The van der Waals surface area contributed by atoms with Crippen LogP contribution in [0.5, 0.6) is 0 Å². The monoisotopic (exact) mass is 359 g/mol. The minimum atomic E-state index is -4.36. The number of hydrogen-bond donors (Lipinski definition) is 0. The van der Waals surface area contributed by atoms with Crippen LogP contribution in [0.4, 0.5) is 13.2 Å². The van der Waals surface area contributed by atoms with Crippen LogP contribution in [0.25, 0.3) is 16.8 Å². The first-order chi connectivity index (χ1) is 12.4. The third-order valence-corrected chi connectivity index (χ3v) is 3.87. The standard InChI is InChI=1S/C19H16F3N3O/c1-2-24(26)12-14-4-3-5-15(10-14)16-11-23-25(13-16)18-8-6-17(7-9-18)19(20,21)22/h3-13H,2H2,1H3/b24-12+. The molecule has 0 aliphatic heterocycles. The lowest BCUT2D eigenvalue weighted by Crippen LogP contribution is -2.05. The summed E-state index contributed by atoms with van der Waals surface area (Å²) in [6.07, 6.45) is 0.504. The normalized spacial score (nSPS) is 12.4. The van der Waals surface area contributed by atoms with Crippen molar-refractivity contribution in [2.75, 3.05) is 6.54 Å². The van der Waals surface area contributed by atoms with Gasteiger partial charge in [-0.25, -0.2) is 9.42 Å². The van der Waals surface area contributed by atoms with E-state index in [2.05, 4.69) is 5.10 Å². The summed E-state index contributed by atoms with van der Waals surface area (Å²) < 4.78 is 40.3. The van der Waals surface area contributed by atoms with Gasteiger partial charge in [-0.1, -0.05) is 12.1 Å². The SMILES string of the molecule is CC/[N+]([O-])=C\c1cccc(-c2cnn(-c3ccc(C(F)(F)F)cc3)c2)c1. The molecule has 0 spiro atoms. The van der Waals surface area contributed by atoms with Crippen LogP contribution in [0.2, 0.25) is 0 Å². The number of aromatic nitrogens is 2. The number of halogens is 3. The fourth-order valence-electron chi connectivity index (χ4n) is 2.47. The second kappa shape index (κ2) is 7.03. The molecule has 0 aliphatic rings. The lowest BCUT2D eigenvalue weighted by atomic mass is 10.1. The van der Waals surface area contributed by atoms with Crippen molar-refractivity contribution in [2.24, 2.45) is 0 Å². The average molecular weight is 359 g/mol. The van der Waals surface area contributed by atoms with E-state index in [1.165, 1.54) is 23.0 Å².